The van der Waals surface area contributed by atoms with Crippen molar-refractivity contribution >= 4 is 44.3 Å². The predicted molar refractivity (Wildman–Crippen MR) is 304 cm³/mol. The normalized spacial score (nSPS) is 23.9. The third-order valence-corrected chi connectivity index (χ3v) is 17.5. The molecule has 75 heavy (non-hydrogen) atoms. The van der Waals surface area contributed by atoms with Crippen molar-refractivity contribution in [3.63, 3.8) is 0 Å². The van der Waals surface area contributed by atoms with Gasteiger partial charge in [-0.1, -0.05) is 219 Å². The topological polar surface area (TPSA) is 105 Å². The molecule has 2 fully saturated rings. The molecule has 388 valence electrons. The van der Waals surface area contributed by atoms with Crippen molar-refractivity contribution in [3.05, 3.63) is 191 Å². The second-order valence-corrected chi connectivity index (χ2v) is 20.0. The van der Waals surface area contributed by atoms with Gasteiger partial charge in [0.15, 0.2) is 11.3 Å². The van der Waals surface area contributed by atoms with Gasteiger partial charge in [-0.05, 0) is 68.1 Å². The van der Waals surface area contributed by atoms with Crippen LogP contribution in [0, 0.1) is 11.8 Å². The van der Waals surface area contributed by atoms with Crippen molar-refractivity contribution < 1.29 is 20.4 Å². The van der Waals surface area contributed by atoms with Gasteiger partial charge in [-0.3, -0.25) is 0 Å². The van der Waals surface area contributed by atoms with E-state index < -0.39 is 59.4 Å². The summed E-state index contributed by atoms with van der Waals surface area (Å²) in [6, 6.07) is 54.8. The minimum absolute atomic E-state index is 0.0481. The molecule has 2 heterocycles. The molecule has 6 aliphatic rings. The van der Waals surface area contributed by atoms with Gasteiger partial charge in [0.25, 0.3) is 0 Å². The number of anilines is 4. The Morgan fingerprint density at radius 3 is 0.947 bits per heavy atom. The van der Waals surface area contributed by atoms with E-state index in [1.54, 1.807) is 0 Å². The predicted octanol–water partition coefficient (Wildman–Crippen LogP) is 11.1. The van der Waals surface area contributed by atoms with Crippen LogP contribution in [0.4, 0.5) is 22.7 Å². The first-order chi connectivity index (χ1) is 36.6. The number of fused-ring (bicyclic) bond motifs is 10. The van der Waals surface area contributed by atoms with Gasteiger partial charge in [-0.25, -0.2) is 0 Å². The molecule has 2 aliphatic heterocycles. The maximum atomic E-state index is 14.8. The van der Waals surface area contributed by atoms with Crippen LogP contribution in [0.5, 0.6) is 0 Å². The van der Waals surface area contributed by atoms with Crippen molar-refractivity contribution in [2.75, 3.05) is 47.8 Å². The summed E-state index contributed by atoms with van der Waals surface area (Å²) in [5, 5.41) is 63.1. The quantitative estimate of drug-likeness (QED) is 0.172. The summed E-state index contributed by atoms with van der Waals surface area (Å²) in [6.45, 7) is 16.0. The summed E-state index contributed by atoms with van der Waals surface area (Å²) < 4.78 is 0. The van der Waals surface area contributed by atoms with Gasteiger partial charge in [-0.15, -0.1) is 24.4 Å². The Balaban J connectivity index is 0.000000768. The lowest BCUT2D eigenvalue weighted by Gasteiger charge is -2.68. The zero-order valence-electron chi connectivity index (χ0n) is 45.8. The number of hydrogen-bond acceptors (Lipinski definition) is 8. The molecule has 0 aromatic heterocycles. The summed E-state index contributed by atoms with van der Waals surface area (Å²) >= 11 is 0. The van der Waals surface area contributed by atoms with Crippen LogP contribution in [-0.4, -0.2) is 52.6 Å². The van der Waals surface area contributed by atoms with E-state index in [4.69, 9.17) is 0 Å². The summed E-state index contributed by atoms with van der Waals surface area (Å²) in [5.74, 6) is -3.29. The summed E-state index contributed by atoms with van der Waals surface area (Å²) in [6.07, 6.45) is -4.94. The lowest BCUT2D eigenvalue weighted by Crippen LogP contribution is -2.70. The average molecular weight is 997 g/mol. The third-order valence-electron chi connectivity index (χ3n) is 17.5. The number of rotatable bonds is 4. The van der Waals surface area contributed by atoms with Gasteiger partial charge in [0, 0.05) is 72.6 Å². The highest BCUT2D eigenvalue weighted by molar-refractivity contribution is 6.10. The average Bonchev–Trinajstić information content (AvgIpc) is 3.94. The first kappa shape index (κ1) is 51.8. The molecule has 8 aromatic carbocycles. The molecule has 4 atom stereocenters. The summed E-state index contributed by atoms with van der Waals surface area (Å²) in [7, 11) is 8.48. The highest BCUT2D eigenvalue weighted by Gasteiger charge is 2.56. The van der Waals surface area contributed by atoms with Gasteiger partial charge < -0.3 is 40.0 Å². The van der Waals surface area contributed by atoms with Gasteiger partial charge >= 0.3 is 0 Å². The molecular formula is C67H72N4O4-4. The zero-order chi connectivity index (χ0) is 53.4. The molecule has 0 amide bonds. The van der Waals surface area contributed by atoms with E-state index in [2.05, 4.69) is 181 Å². The standard InChI is InChI=1S/C59H48N4O4.4C2H6/c1-60-46-25-13-15-32-27-29-38(52(48(32)46)62(3)58(60)42-21-9-5-17-34(42)35-18-6-10-22-43(35)58)50-54(64)40(55(50)65)31-41-56(66)51(57(41)67)39-30-28-33-16-14-26-47-49(33)53(39)63(4)59(61(47)2)44-23-11-7-19-36(44)37-20-8-12-24-45(37)59;4*1-2/h5-30,40-41,50-51,54-57H,31H2,1-4H3;4*1-2H3/q-4;;;;. The summed E-state index contributed by atoms with van der Waals surface area (Å²) in [4.78, 5) is 9.31. The number of hydrogen-bond donors (Lipinski definition) is 0. The number of nitrogens with zero attached hydrogens (tertiary/aromatic N) is 4. The van der Waals surface area contributed by atoms with Crippen LogP contribution in [0.2, 0.25) is 0 Å². The molecule has 14 rings (SSSR count). The van der Waals surface area contributed by atoms with E-state index in [-0.39, 0.29) is 6.42 Å². The molecule has 2 saturated carbocycles. The lowest BCUT2D eigenvalue weighted by atomic mass is 9.56. The lowest BCUT2D eigenvalue weighted by molar-refractivity contribution is -0.567. The Morgan fingerprint density at radius 2 is 0.640 bits per heavy atom. The van der Waals surface area contributed by atoms with Crippen LogP contribution >= 0.6 is 0 Å². The van der Waals surface area contributed by atoms with E-state index in [0.717, 1.165) is 99.9 Å². The fraction of sp³-hybridized carbons (Fsp3) is 0.343. The zero-order valence-corrected chi connectivity index (χ0v) is 45.8. The molecule has 2 spiro atoms. The maximum absolute atomic E-state index is 14.8. The van der Waals surface area contributed by atoms with Crippen molar-refractivity contribution in [3.8, 4) is 22.3 Å². The Labute approximate surface area is 445 Å². The molecule has 8 heteroatoms. The Kier molecular flexibility index (Phi) is 13.7. The van der Waals surface area contributed by atoms with Crippen LogP contribution < -0.4 is 40.0 Å². The summed E-state index contributed by atoms with van der Waals surface area (Å²) in [5.41, 5.74) is 13.2. The Morgan fingerprint density at radius 1 is 0.347 bits per heavy atom. The van der Waals surface area contributed by atoms with Gasteiger partial charge in [0.1, 0.15) is 0 Å². The monoisotopic (exact) mass is 997 g/mol. The molecule has 0 saturated heterocycles. The van der Waals surface area contributed by atoms with Crippen molar-refractivity contribution in [1.29, 1.82) is 0 Å². The van der Waals surface area contributed by atoms with Crippen LogP contribution in [0.15, 0.2) is 158 Å². The minimum Gasteiger partial charge on any atom is -0.851 e. The van der Waals surface area contributed by atoms with Crippen molar-refractivity contribution in [2.45, 2.75) is 109 Å². The SMILES string of the molecule is CC.CC.CC.CC.CN1c2cccc3ccc(C4C([O-])C(CC5C([O-])C(c6ccc7cccc8c7c6N(C)C6(c7ccccc7-c7ccccc76)N8C)C5[O-])C4[O-])c(c23)N(C)C12c1ccccc1-c1ccccc12. The highest BCUT2D eigenvalue weighted by atomic mass is 16.3. The van der Waals surface area contributed by atoms with Crippen LogP contribution in [0.1, 0.15) is 107 Å². The fourth-order valence-electron chi connectivity index (χ4n) is 14.6. The molecular weight excluding hydrogens is 925 g/mol. The van der Waals surface area contributed by atoms with Gasteiger partial charge in [0.05, 0.1) is 11.4 Å². The van der Waals surface area contributed by atoms with E-state index in [0.29, 0.717) is 0 Å². The van der Waals surface area contributed by atoms with Gasteiger partial charge in [-0.2, -0.15) is 0 Å². The van der Waals surface area contributed by atoms with E-state index in [1.165, 1.54) is 0 Å². The Hall–Kier alpha value is -6.68. The molecule has 8 nitrogen and oxygen atoms in total. The fourth-order valence-corrected chi connectivity index (χ4v) is 14.6. The molecule has 4 aliphatic carbocycles. The molecule has 0 N–H and O–H groups in total. The van der Waals surface area contributed by atoms with Crippen molar-refractivity contribution in [2.24, 2.45) is 11.8 Å². The first-order valence-electron chi connectivity index (χ1n) is 27.7. The molecule has 0 bridgehead atoms. The van der Waals surface area contributed by atoms with E-state index >= 15 is 0 Å². The minimum atomic E-state index is -1.25. The molecule has 0 radical (unpaired) electrons. The number of benzene rings is 8. The second-order valence-electron chi connectivity index (χ2n) is 20.0. The van der Waals surface area contributed by atoms with Crippen molar-refractivity contribution in [1.82, 2.24) is 0 Å². The van der Waals surface area contributed by atoms with E-state index in [9.17, 15) is 20.4 Å². The van der Waals surface area contributed by atoms with Crippen LogP contribution in [0.3, 0.4) is 0 Å². The van der Waals surface area contributed by atoms with Crippen LogP contribution in [-0.2, 0) is 11.3 Å². The first-order valence-corrected chi connectivity index (χ1v) is 27.7. The van der Waals surface area contributed by atoms with Gasteiger partial charge in [0.2, 0.25) is 0 Å². The Bertz CT molecular complexity index is 3090. The second kappa shape index (κ2) is 19.8. The largest absolute Gasteiger partial charge is 0.851 e. The third kappa shape index (κ3) is 6.68. The van der Waals surface area contributed by atoms with Crippen LogP contribution in [0.25, 0.3) is 43.8 Å². The molecule has 4 unspecified atom stereocenters. The van der Waals surface area contributed by atoms with E-state index in [1.807, 2.05) is 79.7 Å². The molecule has 8 aromatic rings. The maximum Gasteiger partial charge on any atom is 0.167 e. The smallest absolute Gasteiger partial charge is 0.167 e. The highest BCUT2D eigenvalue weighted by Crippen LogP contribution is 2.63.